The second kappa shape index (κ2) is 5.77. The van der Waals surface area contributed by atoms with Crippen molar-refractivity contribution in [1.82, 2.24) is 15.2 Å². The van der Waals surface area contributed by atoms with Gasteiger partial charge in [0.1, 0.15) is 0 Å². The summed E-state index contributed by atoms with van der Waals surface area (Å²) in [4.78, 5) is 18.1. The third-order valence-corrected chi connectivity index (χ3v) is 3.20. The van der Waals surface area contributed by atoms with Crippen molar-refractivity contribution in [1.29, 1.82) is 0 Å². The lowest BCUT2D eigenvalue weighted by Gasteiger charge is -2.13. The molecule has 0 unspecified atom stereocenters. The molecule has 0 aliphatic carbocycles. The van der Waals surface area contributed by atoms with E-state index in [0.29, 0.717) is 5.56 Å². The van der Waals surface area contributed by atoms with Crippen LogP contribution < -0.4 is 5.32 Å². The standard InChI is InChI=1S/C13H19N3O/c1-14-13(17)11-4-5-12(15-10-11)6-9-16-7-2-3-8-16/h4-5,10H,2-3,6-9H2,1H3,(H,14,17). The zero-order valence-corrected chi connectivity index (χ0v) is 10.3. The molecule has 92 valence electrons. The summed E-state index contributed by atoms with van der Waals surface area (Å²) < 4.78 is 0. The van der Waals surface area contributed by atoms with E-state index in [2.05, 4.69) is 15.2 Å². The van der Waals surface area contributed by atoms with E-state index in [9.17, 15) is 4.79 Å². The Hall–Kier alpha value is -1.42. The Morgan fingerprint density at radius 1 is 1.41 bits per heavy atom. The second-order valence-electron chi connectivity index (χ2n) is 4.42. The molecule has 1 fully saturated rings. The lowest BCUT2D eigenvalue weighted by molar-refractivity contribution is 0.0962. The first-order valence-electron chi connectivity index (χ1n) is 6.19. The number of carbonyl (C=O) groups is 1. The maximum Gasteiger partial charge on any atom is 0.252 e. The average Bonchev–Trinajstić information content (AvgIpc) is 2.89. The first kappa shape index (κ1) is 12.0. The van der Waals surface area contributed by atoms with Crippen LogP contribution in [0.2, 0.25) is 0 Å². The topological polar surface area (TPSA) is 45.2 Å². The molecule has 0 saturated carbocycles. The lowest BCUT2D eigenvalue weighted by atomic mass is 10.2. The summed E-state index contributed by atoms with van der Waals surface area (Å²) in [7, 11) is 1.63. The molecule has 1 aliphatic rings. The van der Waals surface area contributed by atoms with Crippen LogP contribution in [0, 0.1) is 0 Å². The predicted molar refractivity (Wildman–Crippen MR) is 67.0 cm³/mol. The third-order valence-electron chi connectivity index (χ3n) is 3.20. The number of likely N-dealkylation sites (tertiary alicyclic amines) is 1. The summed E-state index contributed by atoms with van der Waals surface area (Å²) in [6.07, 6.45) is 5.26. The molecule has 2 heterocycles. The molecule has 4 nitrogen and oxygen atoms in total. The maximum absolute atomic E-state index is 11.3. The van der Waals surface area contributed by atoms with Crippen LogP contribution in [0.5, 0.6) is 0 Å². The molecule has 1 N–H and O–H groups in total. The SMILES string of the molecule is CNC(=O)c1ccc(CCN2CCCC2)nc1. The fraction of sp³-hybridized carbons (Fsp3) is 0.538. The van der Waals surface area contributed by atoms with Gasteiger partial charge in [-0.2, -0.15) is 0 Å². The van der Waals surface area contributed by atoms with E-state index in [1.165, 1.54) is 25.9 Å². The molecule has 0 aromatic carbocycles. The number of carbonyl (C=O) groups excluding carboxylic acids is 1. The van der Waals surface area contributed by atoms with Crippen LogP contribution in [0.4, 0.5) is 0 Å². The van der Waals surface area contributed by atoms with Gasteiger partial charge in [-0.3, -0.25) is 9.78 Å². The molecule has 1 aliphatic heterocycles. The lowest BCUT2D eigenvalue weighted by Crippen LogP contribution is -2.22. The summed E-state index contributed by atoms with van der Waals surface area (Å²) >= 11 is 0. The van der Waals surface area contributed by atoms with Crippen molar-refractivity contribution in [2.45, 2.75) is 19.3 Å². The van der Waals surface area contributed by atoms with Gasteiger partial charge in [0, 0.05) is 31.9 Å². The molecule has 0 spiro atoms. The zero-order valence-electron chi connectivity index (χ0n) is 10.3. The van der Waals surface area contributed by atoms with Crippen LogP contribution in [-0.4, -0.2) is 42.5 Å². The van der Waals surface area contributed by atoms with Gasteiger partial charge in [0.05, 0.1) is 5.56 Å². The van der Waals surface area contributed by atoms with Gasteiger partial charge in [0.25, 0.3) is 5.91 Å². The van der Waals surface area contributed by atoms with Crippen molar-refractivity contribution in [3.63, 3.8) is 0 Å². The van der Waals surface area contributed by atoms with E-state index < -0.39 is 0 Å². The van der Waals surface area contributed by atoms with Crippen molar-refractivity contribution >= 4 is 5.91 Å². The van der Waals surface area contributed by atoms with Crippen LogP contribution in [0.25, 0.3) is 0 Å². The summed E-state index contributed by atoms with van der Waals surface area (Å²) in [6.45, 7) is 3.51. The van der Waals surface area contributed by atoms with Gasteiger partial charge in [-0.1, -0.05) is 0 Å². The largest absolute Gasteiger partial charge is 0.355 e. The average molecular weight is 233 g/mol. The summed E-state index contributed by atoms with van der Waals surface area (Å²) in [5.74, 6) is -0.0800. The van der Waals surface area contributed by atoms with Gasteiger partial charge in [-0.15, -0.1) is 0 Å². The van der Waals surface area contributed by atoms with Crippen molar-refractivity contribution in [3.8, 4) is 0 Å². The van der Waals surface area contributed by atoms with E-state index in [0.717, 1.165) is 18.7 Å². The minimum atomic E-state index is -0.0800. The normalized spacial score (nSPS) is 16.1. The second-order valence-corrected chi connectivity index (χ2v) is 4.42. The highest BCUT2D eigenvalue weighted by atomic mass is 16.1. The van der Waals surface area contributed by atoms with E-state index >= 15 is 0 Å². The fourth-order valence-electron chi connectivity index (χ4n) is 2.13. The van der Waals surface area contributed by atoms with Gasteiger partial charge in [0.2, 0.25) is 0 Å². The van der Waals surface area contributed by atoms with E-state index in [1.807, 2.05) is 12.1 Å². The van der Waals surface area contributed by atoms with Crippen molar-refractivity contribution in [3.05, 3.63) is 29.6 Å². The van der Waals surface area contributed by atoms with Crippen LogP contribution >= 0.6 is 0 Å². The molecule has 1 aromatic heterocycles. The number of nitrogens with one attached hydrogen (secondary N) is 1. The first-order chi connectivity index (χ1) is 8.29. The number of hydrogen-bond donors (Lipinski definition) is 1. The molecule has 4 heteroatoms. The van der Waals surface area contributed by atoms with Crippen LogP contribution in [0.3, 0.4) is 0 Å². The Bertz CT molecular complexity index is 369. The van der Waals surface area contributed by atoms with Gasteiger partial charge < -0.3 is 10.2 Å². The Kier molecular flexibility index (Phi) is 4.09. The quantitative estimate of drug-likeness (QED) is 0.846. The Balaban J connectivity index is 1.87. The Labute approximate surface area is 102 Å². The first-order valence-corrected chi connectivity index (χ1v) is 6.19. The van der Waals surface area contributed by atoms with Crippen LogP contribution in [0.1, 0.15) is 28.9 Å². The van der Waals surface area contributed by atoms with Gasteiger partial charge in [0.15, 0.2) is 0 Å². The highest BCUT2D eigenvalue weighted by Gasteiger charge is 2.11. The van der Waals surface area contributed by atoms with E-state index in [4.69, 9.17) is 0 Å². The van der Waals surface area contributed by atoms with Crippen molar-refractivity contribution in [2.24, 2.45) is 0 Å². The Morgan fingerprint density at radius 2 is 2.18 bits per heavy atom. The number of nitrogens with zero attached hydrogens (tertiary/aromatic N) is 2. The van der Waals surface area contributed by atoms with Gasteiger partial charge >= 0.3 is 0 Å². The zero-order chi connectivity index (χ0) is 12.1. The molecule has 2 rings (SSSR count). The minimum absolute atomic E-state index is 0.0800. The highest BCUT2D eigenvalue weighted by Crippen LogP contribution is 2.08. The molecular weight excluding hydrogens is 214 g/mol. The smallest absolute Gasteiger partial charge is 0.252 e. The number of aromatic nitrogens is 1. The van der Waals surface area contributed by atoms with Gasteiger partial charge in [-0.05, 0) is 38.1 Å². The maximum atomic E-state index is 11.3. The molecule has 0 radical (unpaired) electrons. The van der Waals surface area contributed by atoms with Crippen molar-refractivity contribution < 1.29 is 4.79 Å². The Morgan fingerprint density at radius 3 is 2.76 bits per heavy atom. The third kappa shape index (κ3) is 3.27. The predicted octanol–water partition coefficient (Wildman–Crippen LogP) is 1.08. The molecular formula is C13H19N3O. The number of amides is 1. The fourth-order valence-corrected chi connectivity index (χ4v) is 2.13. The summed E-state index contributed by atoms with van der Waals surface area (Å²) in [5.41, 5.74) is 1.68. The monoisotopic (exact) mass is 233 g/mol. The molecule has 1 amide bonds. The highest BCUT2D eigenvalue weighted by molar-refractivity contribution is 5.93. The van der Waals surface area contributed by atoms with E-state index in [1.54, 1.807) is 13.2 Å². The molecule has 0 atom stereocenters. The van der Waals surface area contributed by atoms with Crippen LogP contribution in [0.15, 0.2) is 18.3 Å². The van der Waals surface area contributed by atoms with Crippen molar-refractivity contribution in [2.75, 3.05) is 26.7 Å². The van der Waals surface area contributed by atoms with E-state index in [-0.39, 0.29) is 5.91 Å². The molecule has 1 saturated heterocycles. The number of rotatable bonds is 4. The number of hydrogen-bond acceptors (Lipinski definition) is 3. The van der Waals surface area contributed by atoms with Crippen LogP contribution in [-0.2, 0) is 6.42 Å². The summed E-state index contributed by atoms with van der Waals surface area (Å²) in [6, 6.07) is 3.78. The summed E-state index contributed by atoms with van der Waals surface area (Å²) in [5, 5.41) is 2.59. The molecule has 1 aromatic rings. The number of pyridine rings is 1. The minimum Gasteiger partial charge on any atom is -0.355 e. The molecule has 17 heavy (non-hydrogen) atoms. The van der Waals surface area contributed by atoms with Gasteiger partial charge in [-0.25, -0.2) is 0 Å². The molecule has 0 bridgehead atoms.